The van der Waals surface area contributed by atoms with E-state index in [4.69, 9.17) is 4.74 Å². The average Bonchev–Trinajstić information content (AvgIpc) is 3.24. The summed E-state index contributed by atoms with van der Waals surface area (Å²) in [4.78, 5) is 17.0. The lowest BCUT2D eigenvalue weighted by molar-refractivity contribution is -0.153. The SMILES string of the molecule is CC(C)(C)c1ccc(CC(=O)N[C@@H](c2ccc(OCC(F)(F)F)cn2)c2cn(CCF)nn2)cc1. The van der Waals surface area contributed by atoms with Gasteiger partial charge < -0.3 is 10.1 Å². The predicted octanol–water partition coefficient (Wildman–Crippen LogP) is 4.33. The molecule has 0 unspecified atom stereocenters. The van der Waals surface area contributed by atoms with Crippen LogP contribution in [-0.2, 0) is 23.2 Å². The number of benzene rings is 1. The molecule has 2 aromatic heterocycles. The molecule has 1 aromatic carbocycles. The Morgan fingerprint density at radius 1 is 1.09 bits per heavy atom. The highest BCUT2D eigenvalue weighted by Crippen LogP contribution is 2.24. The van der Waals surface area contributed by atoms with Crippen molar-refractivity contribution < 1.29 is 27.1 Å². The van der Waals surface area contributed by atoms with Gasteiger partial charge in [-0.3, -0.25) is 9.78 Å². The van der Waals surface area contributed by atoms with Crippen LogP contribution in [0, 0.1) is 0 Å². The Labute approximate surface area is 200 Å². The van der Waals surface area contributed by atoms with Gasteiger partial charge in [0, 0.05) is 0 Å². The maximum absolute atomic E-state index is 12.9. The normalized spacial score (nSPS) is 12.9. The Morgan fingerprint density at radius 2 is 1.80 bits per heavy atom. The number of halogens is 4. The van der Waals surface area contributed by atoms with Gasteiger partial charge in [0.2, 0.25) is 5.91 Å². The fourth-order valence-corrected chi connectivity index (χ4v) is 3.27. The number of hydrogen-bond acceptors (Lipinski definition) is 5. The maximum Gasteiger partial charge on any atom is 0.422 e. The molecular formula is C24H27F4N5O2. The molecule has 11 heteroatoms. The van der Waals surface area contributed by atoms with Gasteiger partial charge in [0.25, 0.3) is 0 Å². The third kappa shape index (κ3) is 7.76. The number of pyridine rings is 1. The Morgan fingerprint density at radius 3 is 2.37 bits per heavy atom. The van der Waals surface area contributed by atoms with Crippen LogP contribution in [-0.4, -0.2) is 45.3 Å². The third-order valence-electron chi connectivity index (χ3n) is 5.11. The smallest absolute Gasteiger partial charge is 0.422 e. The minimum absolute atomic E-state index is 0.00849. The largest absolute Gasteiger partial charge is 0.483 e. The van der Waals surface area contributed by atoms with E-state index in [1.807, 2.05) is 24.3 Å². The summed E-state index contributed by atoms with van der Waals surface area (Å²) in [5.41, 5.74) is 2.55. The monoisotopic (exact) mass is 493 g/mol. The van der Waals surface area contributed by atoms with Gasteiger partial charge in [-0.2, -0.15) is 13.2 Å². The van der Waals surface area contributed by atoms with Gasteiger partial charge in [-0.05, 0) is 28.7 Å². The molecule has 0 saturated heterocycles. The highest BCUT2D eigenvalue weighted by atomic mass is 19.4. The number of aromatic nitrogens is 4. The van der Waals surface area contributed by atoms with E-state index < -0.39 is 25.5 Å². The van der Waals surface area contributed by atoms with Crippen LogP contribution in [0.5, 0.6) is 5.75 Å². The van der Waals surface area contributed by atoms with Crippen molar-refractivity contribution in [3.63, 3.8) is 0 Å². The van der Waals surface area contributed by atoms with Crippen molar-refractivity contribution in [2.75, 3.05) is 13.3 Å². The molecule has 3 rings (SSSR count). The molecule has 2 heterocycles. The lowest BCUT2D eigenvalue weighted by Crippen LogP contribution is -2.31. The quantitative estimate of drug-likeness (QED) is 0.449. The lowest BCUT2D eigenvalue weighted by Gasteiger charge is -2.19. The average molecular weight is 494 g/mol. The van der Waals surface area contributed by atoms with Crippen molar-refractivity contribution in [3.8, 4) is 5.75 Å². The first-order chi connectivity index (χ1) is 16.4. The van der Waals surface area contributed by atoms with E-state index in [0.29, 0.717) is 11.4 Å². The van der Waals surface area contributed by atoms with Crippen LogP contribution in [0.4, 0.5) is 17.6 Å². The highest BCUT2D eigenvalue weighted by molar-refractivity contribution is 5.79. The molecule has 0 spiro atoms. The summed E-state index contributed by atoms with van der Waals surface area (Å²) in [5, 5.41) is 10.7. The number of alkyl halides is 4. The number of nitrogens with zero attached hydrogens (tertiary/aromatic N) is 4. The molecule has 0 saturated carbocycles. The molecule has 0 fully saturated rings. The van der Waals surface area contributed by atoms with Crippen LogP contribution in [0.25, 0.3) is 0 Å². The van der Waals surface area contributed by atoms with Gasteiger partial charge in [-0.25, -0.2) is 9.07 Å². The minimum Gasteiger partial charge on any atom is -0.483 e. The van der Waals surface area contributed by atoms with Gasteiger partial charge >= 0.3 is 6.18 Å². The van der Waals surface area contributed by atoms with Crippen molar-refractivity contribution in [3.05, 3.63) is 71.3 Å². The molecule has 0 aliphatic rings. The number of rotatable bonds is 9. The van der Waals surface area contributed by atoms with E-state index in [0.717, 1.165) is 17.3 Å². The standard InChI is InChI=1S/C24H27F4N5O2/c1-23(2,3)17-6-4-16(5-7-17)12-21(34)30-22(20-14-33(11-10-25)32-31-20)19-9-8-18(13-29-19)35-15-24(26,27)28/h4-9,13-14,22H,10-12,15H2,1-3H3,(H,30,34)/t22-/m0/s1. The summed E-state index contributed by atoms with van der Waals surface area (Å²) >= 11 is 0. The van der Waals surface area contributed by atoms with Crippen LogP contribution >= 0.6 is 0 Å². The number of ether oxygens (including phenoxy) is 1. The maximum atomic E-state index is 12.9. The number of hydrogen-bond donors (Lipinski definition) is 1. The molecule has 0 bridgehead atoms. The molecule has 188 valence electrons. The van der Waals surface area contributed by atoms with Crippen LogP contribution in [0.15, 0.2) is 48.8 Å². The predicted molar refractivity (Wildman–Crippen MR) is 121 cm³/mol. The number of carbonyl (C=O) groups is 1. The first-order valence-corrected chi connectivity index (χ1v) is 10.9. The van der Waals surface area contributed by atoms with Crippen LogP contribution < -0.4 is 10.1 Å². The first-order valence-electron chi connectivity index (χ1n) is 10.9. The fourth-order valence-electron chi connectivity index (χ4n) is 3.27. The zero-order valence-electron chi connectivity index (χ0n) is 19.6. The van der Waals surface area contributed by atoms with E-state index in [1.165, 1.54) is 23.0 Å². The van der Waals surface area contributed by atoms with E-state index in [1.54, 1.807) is 0 Å². The highest BCUT2D eigenvalue weighted by Gasteiger charge is 2.28. The second-order valence-electron chi connectivity index (χ2n) is 9.04. The summed E-state index contributed by atoms with van der Waals surface area (Å²) in [6, 6.07) is 9.64. The number of amides is 1. The first kappa shape index (κ1) is 26.1. The molecule has 35 heavy (non-hydrogen) atoms. The number of aryl methyl sites for hydroxylation is 1. The van der Waals surface area contributed by atoms with Gasteiger partial charge in [-0.1, -0.05) is 50.3 Å². The Hall–Kier alpha value is -3.50. The zero-order valence-corrected chi connectivity index (χ0v) is 19.6. The number of carbonyl (C=O) groups excluding carboxylic acids is 1. The van der Waals surface area contributed by atoms with E-state index in [9.17, 15) is 22.4 Å². The van der Waals surface area contributed by atoms with E-state index in [-0.39, 0.29) is 30.0 Å². The summed E-state index contributed by atoms with van der Waals surface area (Å²) < 4.78 is 55.9. The molecule has 0 radical (unpaired) electrons. The van der Waals surface area contributed by atoms with Gasteiger partial charge in [-0.15, -0.1) is 5.10 Å². The topological polar surface area (TPSA) is 81.9 Å². The van der Waals surface area contributed by atoms with Crippen molar-refractivity contribution >= 4 is 5.91 Å². The Kier molecular flexibility index (Phi) is 8.08. The van der Waals surface area contributed by atoms with Crippen molar-refractivity contribution in [1.29, 1.82) is 0 Å². The summed E-state index contributed by atoms with van der Waals surface area (Å²) in [6.07, 6.45) is -1.77. The summed E-state index contributed by atoms with van der Waals surface area (Å²) in [6.45, 7) is 4.20. The molecule has 0 aliphatic carbocycles. The second-order valence-corrected chi connectivity index (χ2v) is 9.04. The van der Waals surface area contributed by atoms with Crippen molar-refractivity contribution in [1.82, 2.24) is 25.3 Å². The molecule has 3 aromatic rings. The van der Waals surface area contributed by atoms with Crippen LogP contribution in [0.3, 0.4) is 0 Å². The molecule has 1 N–H and O–H groups in total. The second kappa shape index (κ2) is 10.8. The Bertz CT molecular complexity index is 1110. The third-order valence-corrected chi connectivity index (χ3v) is 5.11. The fraction of sp³-hybridized carbons (Fsp3) is 0.417. The van der Waals surface area contributed by atoms with E-state index >= 15 is 0 Å². The molecule has 1 amide bonds. The summed E-state index contributed by atoms with van der Waals surface area (Å²) in [5.74, 6) is -0.395. The Balaban J connectivity index is 1.77. The van der Waals surface area contributed by atoms with Crippen LogP contribution in [0.1, 0.15) is 49.3 Å². The molecule has 1 atom stereocenters. The van der Waals surface area contributed by atoms with Gasteiger partial charge in [0.1, 0.15) is 24.2 Å². The minimum atomic E-state index is -4.48. The summed E-state index contributed by atoms with van der Waals surface area (Å²) in [7, 11) is 0. The van der Waals surface area contributed by atoms with E-state index in [2.05, 4.69) is 41.4 Å². The number of nitrogens with one attached hydrogen (secondary N) is 1. The molecular weight excluding hydrogens is 466 g/mol. The van der Waals surface area contributed by atoms with Crippen molar-refractivity contribution in [2.45, 2.75) is 51.4 Å². The molecule has 0 aliphatic heterocycles. The van der Waals surface area contributed by atoms with Crippen LogP contribution in [0.2, 0.25) is 0 Å². The molecule has 7 nitrogen and oxygen atoms in total. The van der Waals surface area contributed by atoms with Gasteiger partial charge in [0.05, 0.1) is 31.1 Å². The van der Waals surface area contributed by atoms with Gasteiger partial charge in [0.15, 0.2) is 6.61 Å². The zero-order chi connectivity index (χ0) is 25.6. The lowest BCUT2D eigenvalue weighted by atomic mass is 9.86. The van der Waals surface area contributed by atoms with Crippen molar-refractivity contribution in [2.24, 2.45) is 0 Å².